The van der Waals surface area contributed by atoms with Gasteiger partial charge in [-0.25, -0.2) is 4.79 Å². The maximum atomic E-state index is 12.6. The number of amides is 1. The van der Waals surface area contributed by atoms with Crippen molar-refractivity contribution < 1.29 is 9.53 Å². The Balaban J connectivity index is 2.00. The minimum Gasteiger partial charge on any atom is -0.444 e. The van der Waals surface area contributed by atoms with Crippen LogP contribution in [0.2, 0.25) is 0 Å². The second kappa shape index (κ2) is 6.81. The van der Waals surface area contributed by atoms with E-state index < -0.39 is 5.60 Å². The van der Waals surface area contributed by atoms with Crippen LogP contribution in [-0.2, 0) is 11.3 Å². The van der Waals surface area contributed by atoms with E-state index in [9.17, 15) is 10.1 Å². The fraction of sp³-hybridized carbons (Fsp3) is 0.368. The zero-order chi connectivity index (χ0) is 18.2. The molecule has 4 nitrogen and oxygen atoms in total. The van der Waals surface area contributed by atoms with Crippen LogP contribution in [0, 0.1) is 11.3 Å². The number of thiophene rings is 1. The summed E-state index contributed by atoms with van der Waals surface area (Å²) in [6, 6.07) is 12.2. The molecule has 0 bridgehead atoms. The molecule has 3 rings (SSSR count). The first-order valence-electron chi connectivity index (χ1n) is 8.03. The predicted octanol–water partition coefficient (Wildman–Crippen LogP) is 5.26. The molecule has 1 aromatic heterocycles. The van der Waals surface area contributed by atoms with E-state index in [-0.39, 0.29) is 12.0 Å². The zero-order valence-electron chi connectivity index (χ0n) is 14.4. The van der Waals surface area contributed by atoms with E-state index in [1.54, 1.807) is 4.90 Å². The van der Waals surface area contributed by atoms with Gasteiger partial charge in [0.25, 0.3) is 0 Å². The lowest BCUT2D eigenvalue weighted by atomic mass is 9.88. The highest BCUT2D eigenvalue weighted by molar-refractivity contribution is 9.10. The Hall–Kier alpha value is -1.84. The van der Waals surface area contributed by atoms with Crippen LogP contribution in [-0.4, -0.2) is 23.1 Å². The molecule has 1 aliphatic rings. The molecule has 25 heavy (non-hydrogen) atoms. The number of fused-ring (bicyclic) bond motifs is 1. The van der Waals surface area contributed by atoms with Crippen LogP contribution in [0.1, 0.15) is 47.6 Å². The van der Waals surface area contributed by atoms with Gasteiger partial charge in [-0.05, 0) is 44.0 Å². The van der Waals surface area contributed by atoms with E-state index in [1.165, 1.54) is 11.3 Å². The van der Waals surface area contributed by atoms with Crippen LogP contribution in [0.25, 0.3) is 0 Å². The summed E-state index contributed by atoms with van der Waals surface area (Å²) >= 11 is 5.07. The van der Waals surface area contributed by atoms with E-state index in [1.807, 2.05) is 45.0 Å². The van der Waals surface area contributed by atoms with E-state index in [0.717, 1.165) is 20.5 Å². The topological polar surface area (TPSA) is 53.3 Å². The number of nitrogens with zero attached hydrogens (tertiary/aromatic N) is 2. The molecule has 1 amide bonds. The Morgan fingerprint density at radius 3 is 2.72 bits per heavy atom. The van der Waals surface area contributed by atoms with Gasteiger partial charge in [-0.15, -0.1) is 11.3 Å². The molecule has 6 heteroatoms. The highest BCUT2D eigenvalue weighted by atomic mass is 79.9. The summed E-state index contributed by atoms with van der Waals surface area (Å²) in [6.45, 7) is 6.61. The van der Waals surface area contributed by atoms with Crippen molar-refractivity contribution in [2.75, 3.05) is 6.54 Å². The average molecular weight is 419 g/mol. The molecule has 1 aromatic carbocycles. The number of halogens is 1. The van der Waals surface area contributed by atoms with Gasteiger partial charge in [0.1, 0.15) is 16.5 Å². The Bertz CT molecular complexity index is 848. The number of carbonyl (C=O) groups excluding carboxylic acids is 1. The molecule has 2 aromatic rings. The van der Waals surface area contributed by atoms with Gasteiger partial charge in [0.05, 0.1) is 6.54 Å². The molecule has 0 N–H and O–H groups in total. The van der Waals surface area contributed by atoms with Gasteiger partial charge in [0, 0.05) is 21.8 Å². The summed E-state index contributed by atoms with van der Waals surface area (Å²) in [5, 5.41) is 9.27. The average Bonchev–Trinajstić information content (AvgIpc) is 2.96. The summed E-state index contributed by atoms with van der Waals surface area (Å²) in [4.78, 5) is 16.0. The molecule has 1 aliphatic heterocycles. The van der Waals surface area contributed by atoms with E-state index >= 15 is 0 Å². The van der Waals surface area contributed by atoms with E-state index in [0.29, 0.717) is 18.0 Å². The third-order valence-electron chi connectivity index (χ3n) is 4.00. The lowest BCUT2D eigenvalue weighted by Gasteiger charge is -2.34. The molecular formula is C19H19BrN2O2S. The van der Waals surface area contributed by atoms with Gasteiger partial charge in [-0.2, -0.15) is 5.26 Å². The molecule has 0 radical (unpaired) electrons. The summed E-state index contributed by atoms with van der Waals surface area (Å²) in [5.41, 5.74) is 1.71. The molecule has 0 aliphatic carbocycles. The third-order valence-corrected chi connectivity index (χ3v) is 5.76. The second-order valence-corrected chi connectivity index (χ2v) is 9.03. The molecule has 0 saturated heterocycles. The maximum absolute atomic E-state index is 12.6. The fourth-order valence-electron chi connectivity index (χ4n) is 2.96. The van der Waals surface area contributed by atoms with Crippen molar-refractivity contribution in [2.45, 2.75) is 38.8 Å². The molecule has 0 saturated carbocycles. The molecule has 0 unspecified atom stereocenters. The molecule has 0 spiro atoms. The lowest BCUT2D eigenvalue weighted by Crippen LogP contribution is -2.41. The zero-order valence-corrected chi connectivity index (χ0v) is 16.8. The standard InChI is InChI=1S/C19H19BrN2O2S/c1-19(2,3)24-18(23)22-10-15(13-6-4-5-7-16(13)20)14-8-12(9-21)25-17(14)11-22/h4-8,15H,10-11H2,1-3H3/t15-/m1/s1. The van der Waals surface area contributed by atoms with E-state index in [4.69, 9.17) is 4.74 Å². The first-order chi connectivity index (χ1) is 11.8. The Morgan fingerprint density at radius 2 is 2.08 bits per heavy atom. The summed E-state index contributed by atoms with van der Waals surface area (Å²) < 4.78 is 6.56. The molecule has 130 valence electrons. The van der Waals surface area contributed by atoms with Crippen LogP contribution < -0.4 is 0 Å². The Labute approximate surface area is 160 Å². The predicted molar refractivity (Wildman–Crippen MR) is 102 cm³/mol. The summed E-state index contributed by atoms with van der Waals surface area (Å²) in [7, 11) is 0. The largest absolute Gasteiger partial charge is 0.444 e. The fourth-order valence-corrected chi connectivity index (χ4v) is 4.56. The Kier molecular flexibility index (Phi) is 4.90. The van der Waals surface area contributed by atoms with Gasteiger partial charge in [0.15, 0.2) is 0 Å². The minimum absolute atomic E-state index is 0.0187. The van der Waals surface area contributed by atoms with Gasteiger partial charge in [0.2, 0.25) is 0 Å². The number of hydrogen-bond acceptors (Lipinski definition) is 4. The van der Waals surface area contributed by atoms with Gasteiger partial charge >= 0.3 is 6.09 Å². The first kappa shape index (κ1) is 18.0. The molecule has 0 fully saturated rings. The van der Waals surface area contributed by atoms with Crippen molar-refractivity contribution in [1.29, 1.82) is 5.26 Å². The van der Waals surface area contributed by atoms with Crippen molar-refractivity contribution >= 4 is 33.4 Å². The van der Waals surface area contributed by atoms with Crippen LogP contribution in [0.15, 0.2) is 34.8 Å². The van der Waals surface area contributed by atoms with Crippen molar-refractivity contribution in [1.82, 2.24) is 4.90 Å². The highest BCUT2D eigenvalue weighted by Gasteiger charge is 2.34. The Morgan fingerprint density at radius 1 is 1.36 bits per heavy atom. The van der Waals surface area contributed by atoms with Gasteiger partial charge < -0.3 is 9.64 Å². The number of benzene rings is 1. The molecular weight excluding hydrogens is 400 g/mol. The van der Waals surface area contributed by atoms with Crippen LogP contribution >= 0.6 is 27.3 Å². The molecule has 2 heterocycles. The van der Waals surface area contributed by atoms with Crippen LogP contribution in [0.5, 0.6) is 0 Å². The smallest absolute Gasteiger partial charge is 0.410 e. The number of nitriles is 1. The first-order valence-corrected chi connectivity index (χ1v) is 9.64. The van der Waals surface area contributed by atoms with Gasteiger partial charge in [-0.1, -0.05) is 34.1 Å². The minimum atomic E-state index is -0.534. The number of carbonyl (C=O) groups is 1. The number of hydrogen-bond donors (Lipinski definition) is 0. The number of rotatable bonds is 1. The monoisotopic (exact) mass is 418 g/mol. The van der Waals surface area contributed by atoms with E-state index in [2.05, 4.69) is 28.1 Å². The van der Waals surface area contributed by atoms with Crippen LogP contribution in [0.3, 0.4) is 0 Å². The van der Waals surface area contributed by atoms with Crippen LogP contribution in [0.4, 0.5) is 4.79 Å². The van der Waals surface area contributed by atoms with Gasteiger partial charge in [-0.3, -0.25) is 0 Å². The quantitative estimate of drug-likeness (QED) is 0.633. The number of ether oxygens (including phenoxy) is 1. The third kappa shape index (κ3) is 3.88. The van der Waals surface area contributed by atoms with Crippen molar-refractivity contribution in [3.05, 3.63) is 55.7 Å². The normalized spacial score (nSPS) is 16.9. The SMILES string of the molecule is CC(C)(C)OC(=O)N1Cc2sc(C#N)cc2[C@@H](c2ccccc2Br)C1. The van der Waals surface area contributed by atoms with Crippen molar-refractivity contribution in [3.8, 4) is 6.07 Å². The highest BCUT2D eigenvalue weighted by Crippen LogP contribution is 2.40. The van der Waals surface area contributed by atoms with Crippen molar-refractivity contribution in [3.63, 3.8) is 0 Å². The van der Waals surface area contributed by atoms with Crippen molar-refractivity contribution in [2.24, 2.45) is 0 Å². The lowest BCUT2D eigenvalue weighted by molar-refractivity contribution is 0.0216. The maximum Gasteiger partial charge on any atom is 0.410 e. The molecule has 1 atom stereocenters. The summed E-state index contributed by atoms with van der Waals surface area (Å²) in [5.74, 6) is 0.0187. The summed E-state index contributed by atoms with van der Waals surface area (Å²) in [6.07, 6.45) is -0.317. The second-order valence-electron chi connectivity index (χ2n) is 7.04.